The number of piperazine rings is 1. The van der Waals surface area contributed by atoms with Gasteiger partial charge >= 0.3 is 0 Å². The van der Waals surface area contributed by atoms with Crippen LogP contribution < -0.4 is 9.64 Å². The van der Waals surface area contributed by atoms with Crippen LogP contribution in [-0.2, 0) is 0 Å². The van der Waals surface area contributed by atoms with Gasteiger partial charge < -0.3 is 14.7 Å². The normalized spacial score (nSPS) is 16.0. The van der Waals surface area contributed by atoms with Crippen LogP contribution in [0.2, 0.25) is 0 Å². The van der Waals surface area contributed by atoms with Crippen molar-refractivity contribution in [1.82, 2.24) is 4.90 Å². The van der Waals surface area contributed by atoms with Crippen molar-refractivity contribution < 1.29 is 14.6 Å². The third-order valence-corrected chi connectivity index (χ3v) is 5.15. The molecule has 0 saturated carbocycles. The van der Waals surface area contributed by atoms with Gasteiger partial charge in [0, 0.05) is 50.4 Å². The van der Waals surface area contributed by atoms with Gasteiger partial charge in [0.1, 0.15) is 18.5 Å². The maximum atomic E-state index is 11.7. The van der Waals surface area contributed by atoms with Crippen LogP contribution in [0.4, 0.5) is 5.69 Å². The minimum Gasteiger partial charge on any atom is -0.491 e. The molecule has 5 heteroatoms. The highest BCUT2D eigenvalue weighted by Crippen LogP contribution is 2.18. The molecule has 1 aliphatic rings. The Labute approximate surface area is 167 Å². The van der Waals surface area contributed by atoms with Crippen molar-refractivity contribution in [2.24, 2.45) is 0 Å². The van der Waals surface area contributed by atoms with Gasteiger partial charge in [-0.3, -0.25) is 9.69 Å². The van der Waals surface area contributed by atoms with E-state index in [4.69, 9.17) is 4.74 Å². The van der Waals surface area contributed by atoms with E-state index >= 15 is 0 Å². The molecule has 0 aromatic heterocycles. The molecule has 3 rings (SSSR count). The number of hydrogen-bond acceptors (Lipinski definition) is 5. The summed E-state index contributed by atoms with van der Waals surface area (Å²) in [6.07, 6.45) is -0.0433. The van der Waals surface area contributed by atoms with E-state index in [0.717, 1.165) is 26.2 Å². The van der Waals surface area contributed by atoms with E-state index in [1.807, 2.05) is 6.92 Å². The fraction of sp³-hybridized carbons (Fsp3) is 0.435. The molecule has 2 aromatic carbocycles. The molecule has 0 bridgehead atoms. The van der Waals surface area contributed by atoms with Crippen molar-refractivity contribution in [3.05, 3.63) is 59.7 Å². The lowest BCUT2D eigenvalue weighted by Gasteiger charge is -2.37. The zero-order chi connectivity index (χ0) is 19.9. The Morgan fingerprint density at radius 3 is 2.46 bits per heavy atom. The fourth-order valence-corrected chi connectivity index (χ4v) is 3.50. The summed E-state index contributed by atoms with van der Waals surface area (Å²) in [7, 11) is 0. The SMILES string of the molecule is CCC(=O)c1ccc(OCC(O)CN2CCN(c3cccc(C)c3)CC2)cc1. The summed E-state index contributed by atoms with van der Waals surface area (Å²) in [4.78, 5) is 16.3. The van der Waals surface area contributed by atoms with Crippen LogP contribution in [0.5, 0.6) is 5.75 Å². The van der Waals surface area contributed by atoms with Crippen molar-refractivity contribution in [1.29, 1.82) is 0 Å². The van der Waals surface area contributed by atoms with Gasteiger partial charge in [-0.1, -0.05) is 19.1 Å². The Morgan fingerprint density at radius 1 is 1.11 bits per heavy atom. The first kappa shape index (κ1) is 20.4. The number of carbonyl (C=O) groups is 1. The lowest BCUT2D eigenvalue weighted by atomic mass is 10.1. The van der Waals surface area contributed by atoms with Gasteiger partial charge in [0.25, 0.3) is 0 Å². The molecule has 150 valence electrons. The molecule has 1 aliphatic heterocycles. The third-order valence-electron chi connectivity index (χ3n) is 5.15. The van der Waals surface area contributed by atoms with E-state index in [-0.39, 0.29) is 12.4 Å². The van der Waals surface area contributed by atoms with E-state index in [1.165, 1.54) is 11.3 Å². The number of rotatable bonds is 8. The maximum absolute atomic E-state index is 11.7. The monoisotopic (exact) mass is 382 g/mol. The quantitative estimate of drug-likeness (QED) is 0.711. The number of aliphatic hydroxyl groups excluding tert-OH is 1. The summed E-state index contributed by atoms with van der Waals surface area (Å²) in [6.45, 7) is 8.61. The number of β-amino-alcohol motifs (C(OH)–C–C–N with tert-alkyl or cyclic N) is 1. The standard InChI is InChI=1S/C23H30N2O3/c1-3-23(27)19-7-9-22(10-8-19)28-17-21(26)16-24-11-13-25(14-12-24)20-6-4-5-18(2)15-20/h4-10,15,21,26H,3,11-14,16-17H2,1-2H3. The number of aliphatic hydroxyl groups is 1. The van der Waals surface area contributed by atoms with Crippen LogP contribution in [0.15, 0.2) is 48.5 Å². The number of aryl methyl sites for hydroxylation is 1. The number of benzene rings is 2. The lowest BCUT2D eigenvalue weighted by molar-refractivity contribution is 0.0663. The topological polar surface area (TPSA) is 53.0 Å². The Bertz CT molecular complexity index is 768. The van der Waals surface area contributed by atoms with Crippen molar-refractivity contribution in [3.63, 3.8) is 0 Å². The van der Waals surface area contributed by atoms with Gasteiger partial charge in [-0.25, -0.2) is 0 Å². The largest absolute Gasteiger partial charge is 0.491 e. The average Bonchev–Trinajstić information content (AvgIpc) is 2.72. The highest BCUT2D eigenvalue weighted by atomic mass is 16.5. The van der Waals surface area contributed by atoms with Gasteiger partial charge in [0.15, 0.2) is 5.78 Å². The summed E-state index contributed by atoms with van der Waals surface area (Å²) in [5.41, 5.74) is 3.25. The summed E-state index contributed by atoms with van der Waals surface area (Å²) < 4.78 is 5.68. The van der Waals surface area contributed by atoms with E-state index < -0.39 is 6.10 Å². The van der Waals surface area contributed by atoms with Crippen LogP contribution in [-0.4, -0.2) is 61.2 Å². The number of ketones is 1. The van der Waals surface area contributed by atoms with E-state index in [9.17, 15) is 9.90 Å². The van der Waals surface area contributed by atoms with Gasteiger partial charge in [-0.05, 0) is 48.9 Å². The number of ether oxygens (including phenoxy) is 1. The van der Waals surface area contributed by atoms with E-state index in [1.54, 1.807) is 24.3 Å². The zero-order valence-corrected chi connectivity index (χ0v) is 16.8. The Kier molecular flexibility index (Phi) is 7.06. The Balaban J connectivity index is 1.41. The minimum absolute atomic E-state index is 0.122. The lowest BCUT2D eigenvalue weighted by Crippen LogP contribution is -2.49. The highest BCUT2D eigenvalue weighted by molar-refractivity contribution is 5.95. The number of anilines is 1. The molecule has 0 radical (unpaired) electrons. The predicted molar refractivity (Wildman–Crippen MR) is 112 cm³/mol. The second-order valence-corrected chi connectivity index (χ2v) is 7.39. The highest BCUT2D eigenvalue weighted by Gasteiger charge is 2.20. The fourth-order valence-electron chi connectivity index (χ4n) is 3.50. The van der Waals surface area contributed by atoms with Crippen LogP contribution in [0.3, 0.4) is 0 Å². The van der Waals surface area contributed by atoms with E-state index in [0.29, 0.717) is 24.3 Å². The molecule has 1 heterocycles. The second kappa shape index (κ2) is 9.71. The molecule has 5 nitrogen and oxygen atoms in total. The number of hydrogen-bond donors (Lipinski definition) is 1. The van der Waals surface area contributed by atoms with Gasteiger partial charge in [-0.2, -0.15) is 0 Å². The summed E-state index contributed by atoms with van der Waals surface area (Å²) >= 11 is 0. The molecular formula is C23H30N2O3. The van der Waals surface area contributed by atoms with Crippen molar-refractivity contribution in [2.75, 3.05) is 44.2 Å². The smallest absolute Gasteiger partial charge is 0.162 e. The Morgan fingerprint density at radius 2 is 1.82 bits per heavy atom. The van der Waals surface area contributed by atoms with Crippen LogP contribution in [0.1, 0.15) is 29.3 Å². The molecule has 1 fully saturated rings. The van der Waals surface area contributed by atoms with Crippen LogP contribution in [0.25, 0.3) is 0 Å². The van der Waals surface area contributed by atoms with Crippen molar-refractivity contribution >= 4 is 11.5 Å². The zero-order valence-electron chi connectivity index (χ0n) is 16.8. The van der Waals surface area contributed by atoms with Crippen LogP contribution in [0, 0.1) is 6.92 Å². The minimum atomic E-state index is -0.539. The molecule has 1 N–H and O–H groups in total. The number of carbonyl (C=O) groups excluding carboxylic acids is 1. The summed E-state index contributed by atoms with van der Waals surface area (Å²) in [5, 5.41) is 10.3. The molecular weight excluding hydrogens is 352 g/mol. The Hall–Kier alpha value is -2.37. The van der Waals surface area contributed by atoms with Gasteiger partial charge in [0.2, 0.25) is 0 Å². The summed E-state index contributed by atoms with van der Waals surface area (Å²) in [5.74, 6) is 0.798. The number of Topliss-reactive ketones (excluding diaryl/α,β-unsaturated/α-hetero) is 1. The van der Waals surface area contributed by atoms with Crippen molar-refractivity contribution in [2.45, 2.75) is 26.4 Å². The molecule has 1 unspecified atom stereocenters. The molecule has 0 aliphatic carbocycles. The molecule has 0 amide bonds. The first-order valence-electron chi connectivity index (χ1n) is 10.0. The predicted octanol–water partition coefficient (Wildman–Crippen LogP) is 3.15. The first-order valence-corrected chi connectivity index (χ1v) is 10.0. The third kappa shape index (κ3) is 5.57. The molecule has 1 atom stereocenters. The second-order valence-electron chi connectivity index (χ2n) is 7.39. The molecule has 0 spiro atoms. The van der Waals surface area contributed by atoms with Crippen LogP contribution >= 0.6 is 0 Å². The molecule has 28 heavy (non-hydrogen) atoms. The summed E-state index contributed by atoms with van der Waals surface area (Å²) in [6, 6.07) is 15.7. The molecule has 1 saturated heterocycles. The first-order chi connectivity index (χ1) is 13.5. The maximum Gasteiger partial charge on any atom is 0.162 e. The molecule has 2 aromatic rings. The van der Waals surface area contributed by atoms with Crippen molar-refractivity contribution in [3.8, 4) is 5.75 Å². The van der Waals surface area contributed by atoms with E-state index in [2.05, 4.69) is 41.0 Å². The number of nitrogens with zero attached hydrogens (tertiary/aromatic N) is 2. The van der Waals surface area contributed by atoms with Gasteiger partial charge in [0.05, 0.1) is 0 Å². The average molecular weight is 383 g/mol. The van der Waals surface area contributed by atoms with Gasteiger partial charge in [-0.15, -0.1) is 0 Å².